The number of hydrogen-bond donors (Lipinski definition) is 2. The Morgan fingerprint density at radius 1 is 1.17 bits per heavy atom. The highest BCUT2D eigenvalue weighted by Crippen LogP contribution is 2.33. The van der Waals surface area contributed by atoms with Crippen molar-refractivity contribution in [2.24, 2.45) is 5.73 Å². The normalized spacial score (nSPS) is 22.0. The van der Waals surface area contributed by atoms with Crippen LogP contribution in [0.2, 0.25) is 0 Å². The van der Waals surface area contributed by atoms with E-state index in [1.807, 2.05) is 45.0 Å². The van der Waals surface area contributed by atoms with E-state index in [4.69, 9.17) is 10.5 Å². The molecule has 0 bridgehead atoms. The van der Waals surface area contributed by atoms with Gasteiger partial charge in [-0.25, -0.2) is 4.79 Å². The second-order valence-corrected chi connectivity index (χ2v) is 9.27. The number of nitrogens with zero attached hydrogens (tertiary/aromatic N) is 1. The highest BCUT2D eigenvalue weighted by Gasteiger charge is 2.44. The summed E-state index contributed by atoms with van der Waals surface area (Å²) in [5.41, 5.74) is 8.98. The molecule has 2 aromatic rings. The molecule has 3 N–H and O–H groups in total. The molecule has 3 rings (SSSR count). The van der Waals surface area contributed by atoms with Gasteiger partial charge in [-0.15, -0.1) is 0 Å². The molecule has 2 atom stereocenters. The molecule has 1 aliphatic heterocycles. The van der Waals surface area contributed by atoms with Crippen LogP contribution in [0, 0.1) is 0 Å². The van der Waals surface area contributed by atoms with Crippen LogP contribution in [0.4, 0.5) is 4.79 Å². The molecule has 0 spiro atoms. The van der Waals surface area contributed by atoms with E-state index in [1.54, 1.807) is 4.90 Å². The monoisotopic (exact) mass is 410 g/mol. The van der Waals surface area contributed by atoms with Crippen molar-refractivity contribution in [1.82, 2.24) is 4.90 Å². The fourth-order valence-corrected chi connectivity index (χ4v) is 4.30. The number of benzene rings is 2. The van der Waals surface area contributed by atoms with E-state index in [0.717, 1.165) is 29.5 Å². The van der Waals surface area contributed by atoms with Crippen molar-refractivity contribution >= 4 is 6.09 Å². The van der Waals surface area contributed by atoms with Gasteiger partial charge >= 0.3 is 6.09 Å². The van der Waals surface area contributed by atoms with Gasteiger partial charge in [0.25, 0.3) is 0 Å². The number of aliphatic hydroxyl groups excluding tert-OH is 1. The summed E-state index contributed by atoms with van der Waals surface area (Å²) in [4.78, 5) is 14.8. The number of carbonyl (C=O) groups excluding carboxylic acids is 1. The zero-order valence-electron chi connectivity index (χ0n) is 18.3. The molecule has 0 saturated carbocycles. The Kier molecular flexibility index (Phi) is 6.84. The van der Waals surface area contributed by atoms with Crippen LogP contribution in [0.15, 0.2) is 54.6 Å². The van der Waals surface area contributed by atoms with E-state index < -0.39 is 11.1 Å². The first kappa shape index (κ1) is 22.3. The summed E-state index contributed by atoms with van der Waals surface area (Å²) in [6, 6.07) is 18.4. The van der Waals surface area contributed by atoms with Gasteiger partial charge in [0.1, 0.15) is 5.60 Å². The SMILES string of the molecule is CC(C)(C)OC(=O)N1CCCC(N)(CCO)C1Cc1cccc(-c2ccccc2)c1. The summed E-state index contributed by atoms with van der Waals surface area (Å²) in [5.74, 6) is 0. The summed E-state index contributed by atoms with van der Waals surface area (Å²) < 4.78 is 5.68. The van der Waals surface area contributed by atoms with Gasteiger partial charge in [0, 0.05) is 18.7 Å². The molecule has 30 heavy (non-hydrogen) atoms. The van der Waals surface area contributed by atoms with Crippen LogP contribution in [0.5, 0.6) is 0 Å². The lowest BCUT2D eigenvalue weighted by Gasteiger charge is -2.48. The molecule has 5 nitrogen and oxygen atoms in total. The summed E-state index contributed by atoms with van der Waals surface area (Å²) >= 11 is 0. The van der Waals surface area contributed by atoms with Gasteiger partial charge in [-0.3, -0.25) is 0 Å². The van der Waals surface area contributed by atoms with E-state index in [1.165, 1.54) is 0 Å². The molecular formula is C25H34N2O3. The van der Waals surface area contributed by atoms with Crippen LogP contribution < -0.4 is 5.73 Å². The molecule has 2 aromatic carbocycles. The molecule has 0 aromatic heterocycles. The zero-order chi connectivity index (χ0) is 21.8. The van der Waals surface area contributed by atoms with Crippen LogP contribution >= 0.6 is 0 Å². The molecule has 5 heteroatoms. The van der Waals surface area contributed by atoms with Crippen molar-refractivity contribution in [2.45, 2.75) is 63.6 Å². The van der Waals surface area contributed by atoms with Crippen molar-refractivity contribution in [3.05, 3.63) is 60.2 Å². The molecule has 0 radical (unpaired) electrons. The fraction of sp³-hybridized carbons (Fsp3) is 0.480. The second kappa shape index (κ2) is 9.19. The standard InChI is InChI=1S/C25H34N2O3/c1-24(2,3)30-23(29)27-15-8-13-25(26,14-16-28)22(27)18-19-9-7-12-21(17-19)20-10-5-4-6-11-20/h4-7,9-12,17,22,28H,8,13-16,18,26H2,1-3H3. The number of hydrogen-bond acceptors (Lipinski definition) is 4. The lowest BCUT2D eigenvalue weighted by atomic mass is 9.77. The minimum atomic E-state index is -0.646. The number of nitrogens with two attached hydrogens (primary N) is 1. The van der Waals surface area contributed by atoms with Gasteiger partial charge < -0.3 is 20.5 Å². The number of likely N-dealkylation sites (tertiary alicyclic amines) is 1. The van der Waals surface area contributed by atoms with Crippen molar-refractivity contribution in [2.75, 3.05) is 13.2 Å². The van der Waals surface area contributed by atoms with Crippen molar-refractivity contribution in [1.29, 1.82) is 0 Å². The molecule has 1 fully saturated rings. The van der Waals surface area contributed by atoms with Crippen LogP contribution in [-0.2, 0) is 11.2 Å². The maximum Gasteiger partial charge on any atom is 0.410 e. The van der Waals surface area contributed by atoms with E-state index in [-0.39, 0.29) is 18.7 Å². The van der Waals surface area contributed by atoms with E-state index in [0.29, 0.717) is 19.4 Å². The third kappa shape index (κ3) is 5.41. The van der Waals surface area contributed by atoms with E-state index in [9.17, 15) is 9.90 Å². The fourth-order valence-electron chi connectivity index (χ4n) is 4.30. The van der Waals surface area contributed by atoms with Crippen LogP contribution in [0.3, 0.4) is 0 Å². The Morgan fingerprint density at radius 2 is 1.87 bits per heavy atom. The maximum atomic E-state index is 13.0. The second-order valence-electron chi connectivity index (χ2n) is 9.27. The van der Waals surface area contributed by atoms with Gasteiger partial charge in [0.05, 0.1) is 6.04 Å². The van der Waals surface area contributed by atoms with Crippen molar-refractivity contribution in [3.63, 3.8) is 0 Å². The number of aliphatic hydroxyl groups is 1. The lowest BCUT2D eigenvalue weighted by Crippen LogP contribution is -2.64. The molecule has 1 saturated heterocycles. The summed E-state index contributed by atoms with van der Waals surface area (Å²) in [6.45, 7) is 6.23. The first-order chi connectivity index (χ1) is 14.2. The van der Waals surface area contributed by atoms with Crippen molar-refractivity contribution < 1.29 is 14.6 Å². The molecule has 0 aliphatic carbocycles. The first-order valence-electron chi connectivity index (χ1n) is 10.8. The highest BCUT2D eigenvalue weighted by atomic mass is 16.6. The van der Waals surface area contributed by atoms with Gasteiger partial charge in [0.2, 0.25) is 0 Å². The smallest absolute Gasteiger partial charge is 0.410 e. The quantitative estimate of drug-likeness (QED) is 0.767. The Hall–Kier alpha value is -2.37. The largest absolute Gasteiger partial charge is 0.444 e. The number of piperidine rings is 1. The number of amides is 1. The van der Waals surface area contributed by atoms with Crippen LogP contribution in [0.1, 0.15) is 45.6 Å². The van der Waals surface area contributed by atoms with Gasteiger partial charge in [0.15, 0.2) is 0 Å². The Balaban J connectivity index is 1.90. The minimum Gasteiger partial charge on any atom is -0.444 e. The molecule has 1 heterocycles. The van der Waals surface area contributed by atoms with Crippen LogP contribution in [0.25, 0.3) is 11.1 Å². The number of rotatable bonds is 5. The number of ether oxygens (including phenoxy) is 1. The Bertz CT molecular complexity index is 843. The summed E-state index contributed by atoms with van der Waals surface area (Å²) in [5, 5.41) is 9.66. The van der Waals surface area contributed by atoms with Gasteiger partial charge in [-0.1, -0.05) is 54.6 Å². The third-order valence-electron chi connectivity index (χ3n) is 5.75. The first-order valence-corrected chi connectivity index (χ1v) is 10.8. The Labute approximate surface area is 179 Å². The van der Waals surface area contributed by atoms with E-state index >= 15 is 0 Å². The Morgan fingerprint density at radius 3 is 2.53 bits per heavy atom. The summed E-state index contributed by atoms with van der Waals surface area (Å²) in [6.07, 6.45) is 2.32. The van der Waals surface area contributed by atoms with Gasteiger partial charge in [-0.05, 0) is 63.1 Å². The van der Waals surface area contributed by atoms with E-state index in [2.05, 4.69) is 30.3 Å². The molecular weight excluding hydrogens is 376 g/mol. The topological polar surface area (TPSA) is 75.8 Å². The van der Waals surface area contributed by atoms with Crippen LogP contribution in [-0.4, -0.2) is 46.4 Å². The van der Waals surface area contributed by atoms with Gasteiger partial charge in [-0.2, -0.15) is 0 Å². The number of carbonyl (C=O) groups is 1. The predicted molar refractivity (Wildman–Crippen MR) is 120 cm³/mol. The average molecular weight is 411 g/mol. The third-order valence-corrected chi connectivity index (χ3v) is 5.75. The molecule has 162 valence electrons. The van der Waals surface area contributed by atoms with Crippen molar-refractivity contribution in [3.8, 4) is 11.1 Å². The molecule has 1 aliphatic rings. The summed E-state index contributed by atoms with van der Waals surface area (Å²) in [7, 11) is 0. The zero-order valence-corrected chi connectivity index (χ0v) is 18.3. The molecule has 1 amide bonds. The molecule has 2 unspecified atom stereocenters. The lowest BCUT2D eigenvalue weighted by molar-refractivity contribution is -0.00847. The highest BCUT2D eigenvalue weighted by molar-refractivity contribution is 5.69. The average Bonchev–Trinajstić information content (AvgIpc) is 2.69. The predicted octanol–water partition coefficient (Wildman–Crippen LogP) is 4.38. The maximum absolute atomic E-state index is 13.0. The minimum absolute atomic E-state index is 0.000780.